The van der Waals surface area contributed by atoms with E-state index < -0.39 is 0 Å². The van der Waals surface area contributed by atoms with Crippen LogP contribution < -0.4 is 16.0 Å². The fourth-order valence-corrected chi connectivity index (χ4v) is 5.72. The average Bonchev–Trinajstić information content (AvgIpc) is 3.06. The number of ether oxygens (including phenoxy) is 1. The number of nitrogens with zero attached hydrogens (tertiary/aromatic N) is 6. The lowest BCUT2D eigenvalue weighted by atomic mass is 9.88. The van der Waals surface area contributed by atoms with E-state index in [1.165, 1.54) is 6.42 Å². The van der Waals surface area contributed by atoms with Crippen LogP contribution in [0.5, 0.6) is 5.75 Å². The van der Waals surface area contributed by atoms with Gasteiger partial charge in [-0.1, -0.05) is 68.1 Å². The SMILES string of the molecule is CCCCc1nc(C2CCCCC2)n(-c2ncc(OCC)cn2)c(=O)c1Cc1ccc(-c2ccccc2/C(N)=N\O)nc1. The molecule has 3 N–H and O–H groups in total. The molecule has 0 bridgehead atoms. The standard InChI is InChI=1S/C33H39N7O3/c1-3-5-15-29-27(18-22-16-17-28(35-19-22)25-13-9-10-14-26(25)30(34)39-42)32(41)40(31(38-29)23-11-7-6-8-12-23)33-36-20-24(21-37-33)43-4-2/h9-10,13-14,16-17,19-21,23,42H,3-8,11-12,15,18H2,1-2H3,(H2,34,39). The first kappa shape index (κ1) is 29.9. The molecule has 1 fully saturated rings. The highest BCUT2D eigenvalue weighted by Gasteiger charge is 2.26. The van der Waals surface area contributed by atoms with Crippen LogP contribution in [0.1, 0.15) is 92.9 Å². The number of unbranched alkanes of at least 4 members (excludes halogenated alkanes) is 1. The van der Waals surface area contributed by atoms with Gasteiger partial charge in [0.2, 0.25) is 5.95 Å². The number of hydrogen-bond donors (Lipinski definition) is 2. The van der Waals surface area contributed by atoms with Crippen molar-refractivity contribution in [2.45, 2.75) is 77.6 Å². The van der Waals surface area contributed by atoms with Gasteiger partial charge in [0.15, 0.2) is 11.6 Å². The Morgan fingerprint density at radius 2 is 1.81 bits per heavy atom. The topological polar surface area (TPSA) is 141 Å². The number of oxime groups is 1. The fraction of sp³-hybridized carbons (Fsp3) is 0.394. The lowest BCUT2D eigenvalue weighted by molar-refractivity contribution is 0.318. The Bertz CT molecular complexity index is 1610. The molecule has 4 aromatic rings. The van der Waals surface area contributed by atoms with Gasteiger partial charge >= 0.3 is 0 Å². The van der Waals surface area contributed by atoms with Crippen LogP contribution in [0.25, 0.3) is 17.2 Å². The van der Waals surface area contributed by atoms with Crippen molar-refractivity contribution in [1.29, 1.82) is 0 Å². The molecule has 1 saturated carbocycles. The molecule has 1 aliphatic rings. The van der Waals surface area contributed by atoms with E-state index in [-0.39, 0.29) is 17.3 Å². The van der Waals surface area contributed by atoms with Crippen molar-refractivity contribution >= 4 is 5.84 Å². The highest BCUT2D eigenvalue weighted by atomic mass is 16.5. The van der Waals surface area contributed by atoms with Crippen molar-refractivity contribution in [3.63, 3.8) is 0 Å². The second kappa shape index (κ2) is 14.0. The Labute approximate surface area is 251 Å². The van der Waals surface area contributed by atoms with Gasteiger partial charge in [0, 0.05) is 35.2 Å². The lowest BCUT2D eigenvalue weighted by Gasteiger charge is -2.25. The van der Waals surface area contributed by atoms with E-state index in [0.29, 0.717) is 41.5 Å². The number of rotatable bonds is 11. The number of nitrogens with two attached hydrogens (primary N) is 1. The summed E-state index contributed by atoms with van der Waals surface area (Å²) in [6.45, 7) is 4.56. The van der Waals surface area contributed by atoms with Crippen LogP contribution in [-0.2, 0) is 12.8 Å². The quantitative estimate of drug-likeness (QED) is 0.102. The molecule has 10 nitrogen and oxygen atoms in total. The molecule has 0 atom stereocenters. The summed E-state index contributed by atoms with van der Waals surface area (Å²) in [6, 6.07) is 11.2. The largest absolute Gasteiger partial charge is 0.491 e. The summed E-state index contributed by atoms with van der Waals surface area (Å²) in [5.41, 5.74) is 10.2. The van der Waals surface area contributed by atoms with Gasteiger partial charge in [0.1, 0.15) is 5.82 Å². The molecule has 0 spiro atoms. The van der Waals surface area contributed by atoms with Crippen molar-refractivity contribution in [1.82, 2.24) is 24.5 Å². The summed E-state index contributed by atoms with van der Waals surface area (Å²) in [5, 5.41) is 12.4. The number of hydrogen-bond acceptors (Lipinski definition) is 8. The summed E-state index contributed by atoms with van der Waals surface area (Å²) in [5.74, 6) is 1.84. The first-order chi connectivity index (χ1) is 21.0. The molecule has 0 saturated heterocycles. The summed E-state index contributed by atoms with van der Waals surface area (Å²) in [7, 11) is 0. The zero-order valence-corrected chi connectivity index (χ0v) is 24.9. The van der Waals surface area contributed by atoms with Crippen LogP contribution in [-0.4, -0.2) is 42.2 Å². The van der Waals surface area contributed by atoms with Crippen LogP contribution in [0.2, 0.25) is 0 Å². The Morgan fingerprint density at radius 3 is 2.49 bits per heavy atom. The van der Waals surface area contributed by atoms with E-state index in [1.54, 1.807) is 29.2 Å². The number of pyridine rings is 1. The summed E-state index contributed by atoms with van der Waals surface area (Å²) in [4.78, 5) is 33.4. The maximum Gasteiger partial charge on any atom is 0.264 e. The van der Waals surface area contributed by atoms with Crippen molar-refractivity contribution in [3.05, 3.63) is 93.6 Å². The predicted molar refractivity (Wildman–Crippen MR) is 166 cm³/mol. The lowest BCUT2D eigenvalue weighted by Crippen LogP contribution is -2.32. The molecule has 5 rings (SSSR count). The normalized spacial score (nSPS) is 14.1. The highest BCUT2D eigenvalue weighted by Crippen LogP contribution is 2.32. The molecule has 0 aliphatic heterocycles. The van der Waals surface area contributed by atoms with Gasteiger partial charge in [-0.3, -0.25) is 9.78 Å². The first-order valence-corrected chi connectivity index (χ1v) is 15.2. The number of aryl methyl sites for hydroxylation is 1. The molecule has 0 amide bonds. The monoisotopic (exact) mass is 581 g/mol. The summed E-state index contributed by atoms with van der Waals surface area (Å²) >= 11 is 0. The smallest absolute Gasteiger partial charge is 0.264 e. The zero-order valence-electron chi connectivity index (χ0n) is 24.9. The third-order valence-corrected chi connectivity index (χ3v) is 7.94. The maximum absolute atomic E-state index is 14.4. The van der Waals surface area contributed by atoms with E-state index >= 15 is 0 Å². The third kappa shape index (κ3) is 6.74. The van der Waals surface area contributed by atoms with E-state index in [0.717, 1.165) is 67.6 Å². The van der Waals surface area contributed by atoms with Gasteiger partial charge in [-0.15, -0.1) is 0 Å². The van der Waals surface area contributed by atoms with Crippen molar-refractivity contribution in [3.8, 4) is 23.0 Å². The minimum atomic E-state index is -0.132. The van der Waals surface area contributed by atoms with Gasteiger partial charge in [0.25, 0.3) is 5.56 Å². The van der Waals surface area contributed by atoms with Crippen molar-refractivity contribution in [2.75, 3.05) is 6.61 Å². The van der Waals surface area contributed by atoms with Crippen LogP contribution in [0.15, 0.2) is 64.9 Å². The van der Waals surface area contributed by atoms with Crippen LogP contribution >= 0.6 is 0 Å². The Balaban J connectivity index is 1.57. The molecule has 3 heterocycles. The average molecular weight is 582 g/mol. The molecular formula is C33H39N7O3. The van der Waals surface area contributed by atoms with Gasteiger partial charge < -0.3 is 15.7 Å². The molecule has 0 radical (unpaired) electrons. The zero-order chi connectivity index (χ0) is 30.2. The molecule has 0 unspecified atom stereocenters. The van der Waals surface area contributed by atoms with Gasteiger partial charge in [-0.05, 0) is 44.2 Å². The molecule has 1 aromatic carbocycles. The van der Waals surface area contributed by atoms with Gasteiger partial charge in [-0.25, -0.2) is 19.5 Å². The second-order valence-corrected chi connectivity index (χ2v) is 10.9. The molecule has 1 aliphatic carbocycles. The first-order valence-electron chi connectivity index (χ1n) is 15.2. The van der Waals surface area contributed by atoms with Gasteiger partial charge in [0.05, 0.1) is 30.4 Å². The van der Waals surface area contributed by atoms with E-state index in [4.69, 9.17) is 15.5 Å². The Morgan fingerprint density at radius 1 is 1.05 bits per heavy atom. The highest BCUT2D eigenvalue weighted by molar-refractivity contribution is 6.02. The molecule has 10 heteroatoms. The Hall–Kier alpha value is -4.60. The van der Waals surface area contributed by atoms with Crippen molar-refractivity contribution in [2.24, 2.45) is 10.9 Å². The van der Waals surface area contributed by atoms with E-state index in [1.807, 2.05) is 37.3 Å². The van der Waals surface area contributed by atoms with Crippen LogP contribution in [0.4, 0.5) is 0 Å². The predicted octanol–water partition coefficient (Wildman–Crippen LogP) is 5.56. The maximum atomic E-state index is 14.4. The molecular weight excluding hydrogens is 542 g/mol. The molecule has 43 heavy (non-hydrogen) atoms. The van der Waals surface area contributed by atoms with Crippen LogP contribution in [0, 0.1) is 0 Å². The minimum absolute atomic E-state index is 0.0169. The summed E-state index contributed by atoms with van der Waals surface area (Å²) < 4.78 is 7.18. The van der Waals surface area contributed by atoms with Crippen LogP contribution in [0.3, 0.4) is 0 Å². The minimum Gasteiger partial charge on any atom is -0.491 e. The fourth-order valence-electron chi connectivity index (χ4n) is 5.72. The molecule has 224 valence electrons. The van der Waals surface area contributed by atoms with E-state index in [2.05, 4.69) is 27.0 Å². The van der Waals surface area contributed by atoms with Crippen molar-refractivity contribution < 1.29 is 9.94 Å². The third-order valence-electron chi connectivity index (χ3n) is 7.94. The van der Waals surface area contributed by atoms with Gasteiger partial charge in [-0.2, -0.15) is 0 Å². The molecule has 3 aromatic heterocycles. The Kier molecular flexibility index (Phi) is 9.76. The number of aromatic nitrogens is 5. The van der Waals surface area contributed by atoms with E-state index in [9.17, 15) is 10.0 Å². The number of amidine groups is 1. The second-order valence-electron chi connectivity index (χ2n) is 10.9. The summed E-state index contributed by atoms with van der Waals surface area (Å²) in [6.07, 6.45) is 13.5. The number of benzene rings is 1.